The normalized spacial score (nSPS) is 14.3. The van der Waals surface area contributed by atoms with Crippen LogP contribution in [0.1, 0.15) is 15.9 Å². The lowest BCUT2D eigenvalue weighted by Gasteiger charge is -2.10. The van der Waals surface area contributed by atoms with Crippen molar-refractivity contribution in [3.63, 3.8) is 0 Å². The van der Waals surface area contributed by atoms with Crippen LogP contribution >= 0.6 is 23.0 Å². The summed E-state index contributed by atoms with van der Waals surface area (Å²) in [6.07, 6.45) is 2.64. The third-order valence-electron chi connectivity index (χ3n) is 2.41. The molecule has 0 unspecified atom stereocenters. The van der Waals surface area contributed by atoms with E-state index in [0.717, 1.165) is 0 Å². The van der Waals surface area contributed by atoms with Gasteiger partial charge in [-0.25, -0.2) is 0 Å². The zero-order valence-electron chi connectivity index (χ0n) is 8.70. The van der Waals surface area contributed by atoms with E-state index < -0.39 is 15.9 Å². The topological polar surface area (TPSA) is 96.8 Å². The summed E-state index contributed by atoms with van der Waals surface area (Å²) in [5.74, 6) is -0.541. The molecule has 0 spiro atoms. The van der Waals surface area contributed by atoms with Crippen LogP contribution in [0.25, 0.3) is 11.6 Å². The number of carbonyl (C=O) groups is 1. The second-order valence-electron chi connectivity index (χ2n) is 3.38. The lowest BCUT2D eigenvalue weighted by atomic mass is 9.95. The number of Topliss-reactive ketones (excluding diaryl/α,β-unsaturated/α-hetero) is 1. The molecule has 1 aromatic rings. The van der Waals surface area contributed by atoms with Gasteiger partial charge >= 0.3 is 15.8 Å². The lowest BCUT2D eigenvalue weighted by molar-refractivity contribution is -0.00436. The maximum Gasteiger partial charge on any atom is 0.362 e. The molecule has 0 bridgehead atoms. The summed E-state index contributed by atoms with van der Waals surface area (Å²) in [7, 11) is -3.91. The molecule has 6 nitrogen and oxygen atoms in total. The van der Waals surface area contributed by atoms with Gasteiger partial charge in [0.2, 0.25) is 0 Å². The fourth-order valence-corrected chi connectivity index (χ4v) is 2.96. The van der Waals surface area contributed by atoms with Gasteiger partial charge in [0.1, 0.15) is 27.9 Å². The van der Waals surface area contributed by atoms with Crippen molar-refractivity contribution in [1.29, 1.82) is 0 Å². The molecule has 1 aromatic carbocycles. The van der Waals surface area contributed by atoms with Gasteiger partial charge in [0.15, 0.2) is 0 Å². The van der Waals surface area contributed by atoms with Crippen LogP contribution in [-0.2, 0) is 12.6 Å². The molecule has 1 aliphatic carbocycles. The minimum atomic E-state index is -3.91. The number of allylic oxidation sites excluding steroid dienone is 1. The number of rotatable bonds is 2. The van der Waals surface area contributed by atoms with E-state index in [1.54, 1.807) is 0 Å². The maximum atomic E-state index is 11.8. The van der Waals surface area contributed by atoms with Gasteiger partial charge in [0.25, 0.3) is 5.78 Å². The highest BCUT2D eigenvalue weighted by Crippen LogP contribution is 2.27. The van der Waals surface area contributed by atoms with Crippen molar-refractivity contribution in [1.82, 2.24) is 0 Å². The van der Waals surface area contributed by atoms with Gasteiger partial charge in [-0.2, -0.15) is 15.7 Å². The Morgan fingerprint density at radius 2 is 2.00 bits per heavy atom. The highest BCUT2D eigenvalue weighted by atomic mass is 127. The van der Waals surface area contributed by atoms with Gasteiger partial charge < -0.3 is 5.53 Å². The second-order valence-corrected chi connectivity index (χ2v) is 5.94. The molecule has 0 aliphatic heterocycles. The average Bonchev–Trinajstić information content (AvgIpc) is 2.39. The summed E-state index contributed by atoms with van der Waals surface area (Å²) in [5.41, 5.74) is 8.87. The van der Waals surface area contributed by atoms with Crippen LogP contribution in [-0.4, -0.2) is 24.7 Å². The van der Waals surface area contributed by atoms with E-state index in [4.69, 9.17) is 5.53 Å². The molecule has 0 amide bonds. The number of benzene rings is 1. The molecule has 0 saturated heterocycles. The SMILES string of the molecule is [N-]=[N+]=C1C=Cc2c(cccc2S(=O)(=O)OI)C1=O. The molecule has 18 heavy (non-hydrogen) atoms. The van der Waals surface area contributed by atoms with Crippen molar-refractivity contribution < 1.29 is 20.5 Å². The first-order chi connectivity index (χ1) is 8.51. The van der Waals surface area contributed by atoms with Crippen molar-refractivity contribution in [2.75, 3.05) is 0 Å². The van der Waals surface area contributed by atoms with Crippen LogP contribution in [0, 0.1) is 0 Å². The third-order valence-corrected chi connectivity index (χ3v) is 4.89. The molecule has 0 fully saturated rings. The Kier molecular flexibility index (Phi) is 3.44. The molecule has 8 heteroatoms. The Morgan fingerprint density at radius 3 is 2.61 bits per heavy atom. The van der Waals surface area contributed by atoms with Crippen LogP contribution in [0.3, 0.4) is 0 Å². The fourth-order valence-electron chi connectivity index (χ4n) is 1.62. The van der Waals surface area contributed by atoms with Gasteiger partial charge in [-0.1, -0.05) is 12.1 Å². The van der Waals surface area contributed by atoms with Crippen LogP contribution in [0.2, 0.25) is 0 Å². The Hall–Kier alpha value is -1.35. The van der Waals surface area contributed by atoms with E-state index in [0.29, 0.717) is 0 Å². The number of halogens is 1. The predicted molar refractivity (Wildman–Crippen MR) is 70.7 cm³/mol. The fraction of sp³-hybridized carbons (Fsp3) is 0. The van der Waals surface area contributed by atoms with E-state index in [1.165, 1.54) is 53.4 Å². The van der Waals surface area contributed by atoms with Gasteiger partial charge in [-0.05, 0) is 12.1 Å². The average molecular weight is 376 g/mol. The van der Waals surface area contributed by atoms with Crippen LogP contribution in [0.5, 0.6) is 0 Å². The zero-order chi connectivity index (χ0) is 13.3. The monoisotopic (exact) mass is 376 g/mol. The first kappa shape index (κ1) is 13.1. The first-order valence-electron chi connectivity index (χ1n) is 4.64. The summed E-state index contributed by atoms with van der Waals surface area (Å²) in [6.45, 7) is 0. The van der Waals surface area contributed by atoms with E-state index >= 15 is 0 Å². The number of ketones is 1. The van der Waals surface area contributed by atoms with E-state index in [2.05, 4.69) is 7.30 Å². The van der Waals surface area contributed by atoms with Gasteiger partial charge in [-0.15, -0.1) is 0 Å². The van der Waals surface area contributed by atoms with Gasteiger partial charge in [0, 0.05) is 17.2 Å². The van der Waals surface area contributed by atoms with Crippen molar-refractivity contribution in [3.05, 3.63) is 40.9 Å². The number of fused-ring (bicyclic) bond motifs is 1. The molecular formula is C10H5IN2O4S. The lowest BCUT2D eigenvalue weighted by Crippen LogP contribution is -2.19. The van der Waals surface area contributed by atoms with Crippen LogP contribution in [0.15, 0.2) is 29.2 Å². The molecule has 0 aromatic heterocycles. The Labute approximate surface area is 117 Å². The minimum Gasteiger partial charge on any atom is -0.361 e. The Balaban J connectivity index is 2.76. The first-order valence-corrected chi connectivity index (χ1v) is 6.93. The highest BCUT2D eigenvalue weighted by Gasteiger charge is 2.30. The number of carbonyl (C=O) groups excluding carboxylic acids is 1. The predicted octanol–water partition coefficient (Wildman–Crippen LogP) is 1.62. The van der Waals surface area contributed by atoms with Crippen molar-refractivity contribution in [2.45, 2.75) is 4.90 Å². The van der Waals surface area contributed by atoms with Crippen LogP contribution in [0.4, 0.5) is 0 Å². The molecule has 1 aliphatic rings. The molecule has 92 valence electrons. The summed E-state index contributed by atoms with van der Waals surface area (Å²) in [5, 5.41) is 0. The molecular weight excluding hydrogens is 371 g/mol. The summed E-state index contributed by atoms with van der Waals surface area (Å²) in [4.78, 5) is 14.6. The van der Waals surface area contributed by atoms with Crippen LogP contribution < -0.4 is 0 Å². The number of hydrogen-bond acceptors (Lipinski definition) is 4. The maximum absolute atomic E-state index is 11.8. The summed E-state index contributed by atoms with van der Waals surface area (Å²) < 4.78 is 27.7. The molecule has 0 radical (unpaired) electrons. The van der Waals surface area contributed by atoms with E-state index in [9.17, 15) is 13.2 Å². The zero-order valence-corrected chi connectivity index (χ0v) is 11.7. The van der Waals surface area contributed by atoms with Gasteiger partial charge in [-0.3, -0.25) is 4.79 Å². The minimum absolute atomic E-state index is 0.101. The van der Waals surface area contributed by atoms with E-state index in [1.807, 2.05) is 0 Å². The summed E-state index contributed by atoms with van der Waals surface area (Å²) in [6, 6.07) is 4.22. The number of hydrogen-bond donors (Lipinski definition) is 0. The molecule has 0 heterocycles. The summed E-state index contributed by atoms with van der Waals surface area (Å²) >= 11 is 1.26. The standard InChI is InChI=1S/C10H5IN2O4S/c11-17-18(15,16)9-3-1-2-7-6(9)4-5-8(13-12)10(7)14/h1-5H. The highest BCUT2D eigenvalue weighted by molar-refractivity contribution is 14.1. The molecule has 0 atom stereocenters. The largest absolute Gasteiger partial charge is 0.362 e. The molecule has 2 rings (SSSR count). The van der Waals surface area contributed by atoms with Gasteiger partial charge in [0.05, 0.1) is 0 Å². The van der Waals surface area contributed by atoms with Crippen molar-refractivity contribution >= 4 is 50.7 Å². The van der Waals surface area contributed by atoms with E-state index in [-0.39, 0.29) is 21.7 Å². The quantitative estimate of drug-likeness (QED) is 0.445. The van der Waals surface area contributed by atoms with Crippen molar-refractivity contribution in [3.8, 4) is 0 Å². The Bertz CT molecular complexity index is 717. The molecule has 0 saturated carbocycles. The Morgan fingerprint density at radius 1 is 1.28 bits per heavy atom. The van der Waals surface area contributed by atoms with Crippen molar-refractivity contribution in [2.24, 2.45) is 0 Å². The smallest absolute Gasteiger partial charge is 0.361 e. The second kappa shape index (κ2) is 4.73. The third kappa shape index (κ3) is 2.03. The number of nitrogens with zero attached hydrogens (tertiary/aromatic N) is 2. The molecule has 0 N–H and O–H groups in total.